The van der Waals surface area contributed by atoms with Gasteiger partial charge >= 0.3 is 6.09 Å². The zero-order chi connectivity index (χ0) is 13.7. The smallest absolute Gasteiger partial charge is 0.407 e. The number of halogens is 1. The molecule has 0 aliphatic rings. The van der Waals surface area contributed by atoms with E-state index in [1.165, 1.54) is 0 Å². The molecule has 4 nitrogen and oxygen atoms in total. The Hall–Kier alpha value is -2.20. The Kier molecular flexibility index (Phi) is 4.26. The standard InChI is InChI=1S/C14H12ClNO3/c15-11-7-4-8-12(9-11)18-13(19-14(16)17)10-5-2-1-3-6-10/h1-9,13H,(H2,16,17). The van der Waals surface area contributed by atoms with Gasteiger partial charge < -0.3 is 15.2 Å². The third kappa shape index (κ3) is 3.89. The van der Waals surface area contributed by atoms with Crippen molar-refractivity contribution in [1.29, 1.82) is 0 Å². The number of rotatable bonds is 4. The highest BCUT2D eigenvalue weighted by molar-refractivity contribution is 6.30. The summed E-state index contributed by atoms with van der Waals surface area (Å²) in [4.78, 5) is 10.9. The summed E-state index contributed by atoms with van der Waals surface area (Å²) in [6, 6.07) is 15.8. The molecule has 2 aromatic rings. The Balaban J connectivity index is 2.21. The first-order chi connectivity index (χ1) is 9.15. The summed E-state index contributed by atoms with van der Waals surface area (Å²) in [5, 5.41) is 0.531. The predicted octanol–water partition coefficient (Wildman–Crippen LogP) is 3.51. The largest absolute Gasteiger partial charge is 0.450 e. The van der Waals surface area contributed by atoms with E-state index in [0.717, 1.165) is 0 Å². The summed E-state index contributed by atoms with van der Waals surface area (Å²) in [5.41, 5.74) is 5.73. The number of benzene rings is 2. The summed E-state index contributed by atoms with van der Waals surface area (Å²) in [6.07, 6.45) is -1.81. The minimum atomic E-state index is -0.907. The first-order valence-corrected chi connectivity index (χ1v) is 5.96. The van der Waals surface area contributed by atoms with Crippen molar-refractivity contribution in [2.24, 2.45) is 5.73 Å². The van der Waals surface area contributed by atoms with Crippen molar-refractivity contribution in [3.63, 3.8) is 0 Å². The van der Waals surface area contributed by atoms with E-state index >= 15 is 0 Å². The Morgan fingerprint density at radius 1 is 1.11 bits per heavy atom. The van der Waals surface area contributed by atoms with Crippen molar-refractivity contribution in [3.05, 3.63) is 65.2 Å². The molecule has 0 saturated carbocycles. The molecule has 0 spiro atoms. The summed E-state index contributed by atoms with van der Waals surface area (Å²) < 4.78 is 10.5. The van der Waals surface area contributed by atoms with E-state index in [1.54, 1.807) is 36.4 Å². The van der Waals surface area contributed by atoms with Gasteiger partial charge in [-0.25, -0.2) is 4.79 Å². The fourth-order valence-corrected chi connectivity index (χ4v) is 1.72. The van der Waals surface area contributed by atoms with Gasteiger partial charge in [-0.1, -0.05) is 48.0 Å². The van der Waals surface area contributed by atoms with E-state index in [9.17, 15) is 4.79 Å². The van der Waals surface area contributed by atoms with Crippen LogP contribution >= 0.6 is 11.6 Å². The lowest BCUT2D eigenvalue weighted by Crippen LogP contribution is -2.21. The molecule has 19 heavy (non-hydrogen) atoms. The van der Waals surface area contributed by atoms with Crippen LogP contribution in [0.1, 0.15) is 11.9 Å². The third-order valence-electron chi connectivity index (χ3n) is 2.33. The van der Waals surface area contributed by atoms with Crippen LogP contribution in [0.3, 0.4) is 0 Å². The second-order valence-electron chi connectivity index (χ2n) is 3.75. The monoisotopic (exact) mass is 277 g/mol. The van der Waals surface area contributed by atoms with E-state index in [0.29, 0.717) is 16.3 Å². The molecule has 0 aromatic heterocycles. The van der Waals surface area contributed by atoms with Crippen molar-refractivity contribution in [1.82, 2.24) is 0 Å². The normalized spacial score (nSPS) is 11.6. The number of nitrogens with two attached hydrogens (primary N) is 1. The van der Waals surface area contributed by atoms with Gasteiger partial charge in [-0.3, -0.25) is 0 Å². The minimum absolute atomic E-state index is 0.489. The molecule has 1 amide bonds. The van der Waals surface area contributed by atoms with Gasteiger partial charge in [0.25, 0.3) is 6.29 Å². The second-order valence-corrected chi connectivity index (χ2v) is 4.19. The second kappa shape index (κ2) is 6.11. The summed E-state index contributed by atoms with van der Waals surface area (Å²) in [6.45, 7) is 0. The Bertz CT molecular complexity index is 560. The van der Waals surface area contributed by atoms with Crippen molar-refractivity contribution in [3.8, 4) is 5.75 Å². The van der Waals surface area contributed by atoms with Crippen LogP contribution in [0.5, 0.6) is 5.75 Å². The Morgan fingerprint density at radius 3 is 2.47 bits per heavy atom. The van der Waals surface area contributed by atoms with Crippen molar-refractivity contribution in [2.45, 2.75) is 6.29 Å². The molecule has 0 saturated heterocycles. The van der Waals surface area contributed by atoms with Crippen LogP contribution in [0.2, 0.25) is 5.02 Å². The number of hydrogen-bond acceptors (Lipinski definition) is 3. The zero-order valence-electron chi connectivity index (χ0n) is 9.95. The lowest BCUT2D eigenvalue weighted by Gasteiger charge is -2.18. The Labute approximate surface area is 115 Å². The maximum absolute atomic E-state index is 10.9. The number of carbonyl (C=O) groups excluding carboxylic acids is 1. The Morgan fingerprint density at radius 2 is 1.84 bits per heavy atom. The van der Waals surface area contributed by atoms with Gasteiger partial charge in [-0.05, 0) is 18.2 Å². The molecule has 2 N–H and O–H groups in total. The van der Waals surface area contributed by atoms with Crippen LogP contribution in [-0.2, 0) is 4.74 Å². The topological polar surface area (TPSA) is 61.6 Å². The van der Waals surface area contributed by atoms with Crippen LogP contribution in [-0.4, -0.2) is 6.09 Å². The number of hydrogen-bond donors (Lipinski definition) is 1. The summed E-state index contributed by atoms with van der Waals surface area (Å²) >= 11 is 5.87. The molecular formula is C14H12ClNO3. The van der Waals surface area contributed by atoms with E-state index in [-0.39, 0.29) is 0 Å². The number of carbonyl (C=O) groups is 1. The SMILES string of the molecule is NC(=O)OC(Oc1cccc(Cl)c1)c1ccccc1. The fraction of sp³-hybridized carbons (Fsp3) is 0.0714. The number of amides is 1. The first kappa shape index (κ1) is 13.2. The first-order valence-electron chi connectivity index (χ1n) is 5.58. The summed E-state index contributed by atoms with van der Waals surface area (Å²) in [5.74, 6) is 0.489. The highest BCUT2D eigenvalue weighted by Gasteiger charge is 2.16. The van der Waals surface area contributed by atoms with Gasteiger partial charge in [-0.2, -0.15) is 0 Å². The molecule has 0 aliphatic heterocycles. The van der Waals surface area contributed by atoms with Crippen LogP contribution in [0.4, 0.5) is 4.79 Å². The predicted molar refractivity (Wildman–Crippen MR) is 71.9 cm³/mol. The maximum Gasteiger partial charge on any atom is 0.407 e. The van der Waals surface area contributed by atoms with Crippen molar-refractivity contribution >= 4 is 17.7 Å². The molecule has 2 aromatic carbocycles. The average molecular weight is 278 g/mol. The molecule has 0 fully saturated rings. The van der Waals surface area contributed by atoms with E-state index in [4.69, 9.17) is 26.8 Å². The number of primary amides is 1. The lowest BCUT2D eigenvalue weighted by atomic mass is 10.2. The van der Waals surface area contributed by atoms with Crippen molar-refractivity contribution in [2.75, 3.05) is 0 Å². The lowest BCUT2D eigenvalue weighted by molar-refractivity contribution is -0.0308. The zero-order valence-corrected chi connectivity index (χ0v) is 10.7. The van der Waals surface area contributed by atoms with Gasteiger partial charge in [0.15, 0.2) is 0 Å². The molecule has 0 radical (unpaired) electrons. The quantitative estimate of drug-likeness (QED) is 0.870. The highest BCUT2D eigenvalue weighted by Crippen LogP contribution is 2.25. The molecule has 98 valence electrons. The molecule has 0 bridgehead atoms. The van der Waals surface area contributed by atoms with Gasteiger partial charge in [0.2, 0.25) is 0 Å². The van der Waals surface area contributed by atoms with Gasteiger partial charge in [-0.15, -0.1) is 0 Å². The van der Waals surface area contributed by atoms with Crippen LogP contribution in [0.25, 0.3) is 0 Å². The van der Waals surface area contributed by atoms with E-state index < -0.39 is 12.4 Å². The van der Waals surface area contributed by atoms with Gasteiger partial charge in [0.1, 0.15) is 5.75 Å². The molecule has 1 unspecified atom stereocenters. The molecule has 1 atom stereocenters. The highest BCUT2D eigenvalue weighted by atomic mass is 35.5. The minimum Gasteiger partial charge on any atom is -0.450 e. The molecule has 0 heterocycles. The third-order valence-corrected chi connectivity index (χ3v) is 2.57. The number of ether oxygens (including phenoxy) is 2. The van der Waals surface area contributed by atoms with Gasteiger partial charge in [0, 0.05) is 10.6 Å². The molecule has 0 aliphatic carbocycles. The van der Waals surface area contributed by atoms with Crippen LogP contribution < -0.4 is 10.5 Å². The molecular weight excluding hydrogens is 266 g/mol. The fourth-order valence-electron chi connectivity index (χ4n) is 1.54. The summed E-state index contributed by atoms with van der Waals surface area (Å²) in [7, 11) is 0. The maximum atomic E-state index is 10.9. The van der Waals surface area contributed by atoms with Crippen LogP contribution in [0.15, 0.2) is 54.6 Å². The average Bonchev–Trinajstić information content (AvgIpc) is 2.38. The van der Waals surface area contributed by atoms with E-state index in [1.807, 2.05) is 18.2 Å². The molecule has 5 heteroatoms. The van der Waals surface area contributed by atoms with Crippen molar-refractivity contribution < 1.29 is 14.3 Å². The molecule has 2 rings (SSSR count). The van der Waals surface area contributed by atoms with Gasteiger partial charge in [0.05, 0.1) is 0 Å². The van der Waals surface area contributed by atoms with Crippen LogP contribution in [0, 0.1) is 0 Å². The van der Waals surface area contributed by atoms with E-state index in [2.05, 4.69) is 0 Å².